The third-order valence-electron chi connectivity index (χ3n) is 5.64. The van der Waals surface area contributed by atoms with E-state index in [9.17, 15) is 0 Å². The summed E-state index contributed by atoms with van der Waals surface area (Å²) in [6.45, 7) is 0. The van der Waals surface area contributed by atoms with Crippen LogP contribution in [0.5, 0.6) is 5.75 Å². The number of pyridine rings is 1. The molecule has 0 unspecified atom stereocenters. The van der Waals surface area contributed by atoms with Crippen molar-refractivity contribution in [3.05, 3.63) is 127 Å². The Bertz CT molecular complexity index is 1260. The molecule has 0 radical (unpaired) electrons. The van der Waals surface area contributed by atoms with Crippen LogP contribution in [0.4, 0.5) is 0 Å². The number of methoxy groups -OCH3 is 1. The smallest absolute Gasteiger partial charge is 0.219 e. The Labute approximate surface area is 212 Å². The van der Waals surface area contributed by atoms with E-state index in [0.29, 0.717) is 0 Å². The minimum absolute atomic E-state index is 0. The van der Waals surface area contributed by atoms with Crippen molar-refractivity contribution in [3.63, 3.8) is 0 Å². The predicted octanol–water partition coefficient (Wildman–Crippen LogP) is 3.98. The molecular weight excluding hydrogens is 517 g/mol. The lowest BCUT2D eigenvalue weighted by Gasteiger charge is -2.13. The van der Waals surface area contributed by atoms with E-state index in [1.165, 1.54) is 22.3 Å². The molecule has 0 aliphatic carbocycles. The Kier molecular flexibility index (Phi) is 7.20. The van der Waals surface area contributed by atoms with Crippen molar-refractivity contribution in [2.75, 3.05) is 7.11 Å². The van der Waals surface area contributed by atoms with Crippen LogP contribution in [0.25, 0.3) is 39.3 Å². The monoisotopic (exact) mass is 541 g/mol. The third kappa shape index (κ3) is 4.83. The fraction of sp³-hybridized carbons (Fsp3) is 0.0333. The van der Waals surface area contributed by atoms with Crippen molar-refractivity contribution in [2.24, 2.45) is 0 Å². The molecule has 3 heteroatoms. The summed E-state index contributed by atoms with van der Waals surface area (Å²) in [6, 6.07) is 44.5. The summed E-state index contributed by atoms with van der Waals surface area (Å²) in [5.74, 6) is 0.845. The predicted molar refractivity (Wildman–Crippen MR) is 131 cm³/mol. The van der Waals surface area contributed by atoms with E-state index in [1.54, 1.807) is 7.11 Å². The summed E-state index contributed by atoms with van der Waals surface area (Å²) >= 11 is 0. The molecule has 5 aromatic rings. The molecule has 0 aliphatic heterocycles. The van der Waals surface area contributed by atoms with Gasteiger partial charge in [-0.3, -0.25) is 0 Å². The summed E-state index contributed by atoms with van der Waals surface area (Å²) in [5.41, 5.74) is 8.07. The molecule has 0 N–H and O–H groups in total. The summed E-state index contributed by atoms with van der Waals surface area (Å²) in [5, 5.41) is 0. The molecule has 1 aromatic heterocycles. The van der Waals surface area contributed by atoms with Gasteiger partial charge in [0.25, 0.3) is 0 Å². The van der Waals surface area contributed by atoms with Crippen molar-refractivity contribution in [3.8, 4) is 45.1 Å². The maximum atomic E-state index is 5.40. The lowest BCUT2D eigenvalue weighted by atomic mass is 9.98. The van der Waals surface area contributed by atoms with E-state index in [1.807, 2.05) is 12.1 Å². The first-order valence-electron chi connectivity index (χ1n) is 10.7. The number of ether oxygens (including phenoxy) is 1. The Hall–Kier alpha value is -3.44. The maximum absolute atomic E-state index is 5.40. The second-order valence-corrected chi connectivity index (χ2v) is 7.65. The second kappa shape index (κ2) is 10.5. The molecule has 0 spiro atoms. The van der Waals surface area contributed by atoms with Gasteiger partial charge >= 0.3 is 0 Å². The average Bonchev–Trinajstić information content (AvgIpc) is 2.89. The van der Waals surface area contributed by atoms with Crippen LogP contribution in [-0.4, -0.2) is 7.11 Å². The molecule has 5 rings (SSSR count). The van der Waals surface area contributed by atoms with Gasteiger partial charge < -0.3 is 28.7 Å². The van der Waals surface area contributed by atoms with Gasteiger partial charge in [0, 0.05) is 35.4 Å². The highest BCUT2D eigenvalue weighted by atomic mass is 127. The number of aromatic nitrogens is 1. The molecule has 1 heterocycles. The Balaban J connectivity index is 0.00000259. The normalized spacial score (nSPS) is 10.3. The van der Waals surface area contributed by atoms with Crippen LogP contribution in [0.15, 0.2) is 127 Å². The fourth-order valence-corrected chi connectivity index (χ4v) is 4.04. The van der Waals surface area contributed by atoms with Crippen molar-refractivity contribution in [1.29, 1.82) is 0 Å². The fourth-order valence-electron chi connectivity index (χ4n) is 4.04. The maximum Gasteiger partial charge on any atom is 0.219 e. The number of nitrogens with zero attached hydrogens (tertiary/aromatic N) is 1. The molecule has 4 aromatic carbocycles. The minimum atomic E-state index is 0. The lowest BCUT2D eigenvalue weighted by molar-refractivity contribution is -0.572. The van der Waals surface area contributed by atoms with Gasteiger partial charge in [0.2, 0.25) is 17.1 Å². The number of halogens is 1. The number of rotatable bonds is 5. The number of benzene rings is 4. The first-order valence-corrected chi connectivity index (χ1v) is 10.7. The van der Waals surface area contributed by atoms with E-state index < -0.39 is 0 Å². The van der Waals surface area contributed by atoms with Crippen molar-refractivity contribution < 1.29 is 33.3 Å². The quantitative estimate of drug-likeness (QED) is 0.243. The molecule has 0 saturated carbocycles. The zero-order valence-electron chi connectivity index (χ0n) is 18.4. The third-order valence-corrected chi connectivity index (χ3v) is 5.64. The summed E-state index contributed by atoms with van der Waals surface area (Å²) in [7, 11) is 1.70. The number of hydrogen-bond acceptors (Lipinski definition) is 1. The van der Waals surface area contributed by atoms with Crippen LogP contribution in [0.2, 0.25) is 0 Å². The van der Waals surface area contributed by atoms with Crippen LogP contribution < -0.4 is 33.3 Å². The highest BCUT2D eigenvalue weighted by Gasteiger charge is 2.24. The highest BCUT2D eigenvalue weighted by molar-refractivity contribution is 5.74. The summed E-state index contributed by atoms with van der Waals surface area (Å²) in [4.78, 5) is 0. The van der Waals surface area contributed by atoms with Crippen molar-refractivity contribution >= 4 is 0 Å². The molecular formula is C30H24INO. The molecule has 162 valence electrons. The first-order chi connectivity index (χ1) is 15.8. The first kappa shape index (κ1) is 22.7. The second-order valence-electron chi connectivity index (χ2n) is 7.65. The van der Waals surface area contributed by atoms with Crippen LogP contribution >= 0.6 is 0 Å². The molecule has 0 fully saturated rings. The minimum Gasteiger partial charge on any atom is -1.00 e. The van der Waals surface area contributed by atoms with Crippen LogP contribution in [0.1, 0.15) is 0 Å². The van der Waals surface area contributed by atoms with E-state index in [2.05, 4.69) is 120 Å². The average molecular weight is 541 g/mol. The molecule has 0 atom stereocenters. The van der Waals surface area contributed by atoms with Gasteiger partial charge in [0.15, 0.2) is 0 Å². The Morgan fingerprint density at radius 3 is 1.33 bits per heavy atom. The van der Waals surface area contributed by atoms with E-state index in [0.717, 1.165) is 22.8 Å². The lowest BCUT2D eigenvalue weighted by Crippen LogP contribution is -3.00. The zero-order chi connectivity index (χ0) is 21.8. The van der Waals surface area contributed by atoms with Crippen molar-refractivity contribution in [1.82, 2.24) is 0 Å². The van der Waals surface area contributed by atoms with Gasteiger partial charge in [-0.05, 0) is 47.5 Å². The van der Waals surface area contributed by atoms with Crippen molar-refractivity contribution in [2.45, 2.75) is 0 Å². The van der Waals surface area contributed by atoms with Gasteiger partial charge in [-0.15, -0.1) is 0 Å². The molecule has 0 bridgehead atoms. The van der Waals surface area contributed by atoms with Gasteiger partial charge in [0.05, 0.1) is 7.11 Å². The standard InChI is InChI=1S/C30H24NO.HI/c1-32-28-19-17-27(18-20-28)31-29(24-13-7-3-8-14-24)21-26(23-11-5-2-6-12-23)22-30(31)25-15-9-4-10-16-25;/h2-22H,1H3;1H/q+1;/p-1. The van der Waals surface area contributed by atoms with Gasteiger partial charge in [0.1, 0.15) is 5.75 Å². The molecule has 33 heavy (non-hydrogen) atoms. The van der Waals surface area contributed by atoms with Gasteiger partial charge in [-0.2, -0.15) is 4.57 Å². The highest BCUT2D eigenvalue weighted by Crippen LogP contribution is 2.30. The zero-order valence-corrected chi connectivity index (χ0v) is 20.5. The topological polar surface area (TPSA) is 13.1 Å². The van der Waals surface area contributed by atoms with E-state index in [4.69, 9.17) is 4.74 Å². The van der Waals surface area contributed by atoms with Crippen LogP contribution in [0, 0.1) is 0 Å². The summed E-state index contributed by atoms with van der Waals surface area (Å²) < 4.78 is 7.73. The van der Waals surface area contributed by atoms with Gasteiger partial charge in [-0.1, -0.05) is 66.7 Å². The number of hydrogen-bond donors (Lipinski definition) is 0. The SMILES string of the molecule is COc1ccc(-[n+]2c(-c3ccccc3)cc(-c3ccccc3)cc2-c2ccccc2)cc1.[I-]. The Morgan fingerprint density at radius 2 is 0.909 bits per heavy atom. The molecule has 0 amide bonds. The van der Waals surface area contributed by atoms with E-state index in [-0.39, 0.29) is 24.0 Å². The van der Waals surface area contributed by atoms with E-state index >= 15 is 0 Å². The molecule has 2 nitrogen and oxygen atoms in total. The molecule has 0 aliphatic rings. The Morgan fingerprint density at radius 1 is 0.485 bits per heavy atom. The van der Waals surface area contributed by atoms with Crippen LogP contribution in [-0.2, 0) is 0 Å². The van der Waals surface area contributed by atoms with Gasteiger partial charge in [-0.25, -0.2) is 0 Å². The van der Waals surface area contributed by atoms with Crippen LogP contribution in [0.3, 0.4) is 0 Å². The summed E-state index contributed by atoms with van der Waals surface area (Å²) in [6.07, 6.45) is 0. The molecule has 0 saturated heterocycles. The largest absolute Gasteiger partial charge is 1.00 e.